The van der Waals surface area contributed by atoms with E-state index in [1.54, 1.807) is 0 Å². The quantitative estimate of drug-likeness (QED) is 0.858. The van der Waals surface area contributed by atoms with Gasteiger partial charge in [-0.05, 0) is 37.4 Å². The summed E-state index contributed by atoms with van der Waals surface area (Å²) in [5.74, 6) is 0.721. The zero-order chi connectivity index (χ0) is 12.4. The van der Waals surface area contributed by atoms with Gasteiger partial charge in [-0.2, -0.15) is 0 Å². The first-order valence-corrected chi connectivity index (χ1v) is 6.67. The Morgan fingerprint density at radius 2 is 2.06 bits per heavy atom. The largest absolute Gasteiger partial charge is 0.370 e. The van der Waals surface area contributed by atoms with E-state index in [0.29, 0.717) is 6.04 Å². The standard InChI is InChI=1S/C15H24N2/c1-11(2)10-17-9-8-13-6-5-7-14(15(13)17)12(3)16-4/h5-7,11-12,16H,8-10H2,1-4H3. The van der Waals surface area contributed by atoms with Gasteiger partial charge in [0.2, 0.25) is 0 Å². The van der Waals surface area contributed by atoms with Crippen molar-refractivity contribution in [2.24, 2.45) is 5.92 Å². The molecular weight excluding hydrogens is 208 g/mol. The molecule has 0 radical (unpaired) electrons. The monoisotopic (exact) mass is 232 g/mol. The van der Waals surface area contributed by atoms with Crippen molar-refractivity contribution in [2.45, 2.75) is 33.2 Å². The Labute approximate surface area is 105 Å². The van der Waals surface area contributed by atoms with Crippen LogP contribution >= 0.6 is 0 Å². The molecule has 1 heterocycles. The van der Waals surface area contributed by atoms with Crippen LogP contribution in [-0.2, 0) is 6.42 Å². The third-order valence-electron chi connectivity index (χ3n) is 3.60. The molecule has 0 aromatic heterocycles. The van der Waals surface area contributed by atoms with Crippen LogP contribution in [0.25, 0.3) is 0 Å². The minimum absolute atomic E-state index is 0.428. The molecule has 2 nitrogen and oxygen atoms in total. The molecule has 1 aromatic carbocycles. The highest BCUT2D eigenvalue weighted by atomic mass is 15.2. The van der Waals surface area contributed by atoms with Gasteiger partial charge in [0.15, 0.2) is 0 Å². The fraction of sp³-hybridized carbons (Fsp3) is 0.600. The van der Waals surface area contributed by atoms with Crippen LogP contribution in [0.1, 0.15) is 37.9 Å². The van der Waals surface area contributed by atoms with Crippen molar-refractivity contribution >= 4 is 5.69 Å². The molecule has 17 heavy (non-hydrogen) atoms. The van der Waals surface area contributed by atoms with Gasteiger partial charge in [-0.15, -0.1) is 0 Å². The van der Waals surface area contributed by atoms with Crippen molar-refractivity contribution in [3.8, 4) is 0 Å². The van der Waals surface area contributed by atoms with Gasteiger partial charge in [0.25, 0.3) is 0 Å². The van der Waals surface area contributed by atoms with Gasteiger partial charge in [-0.1, -0.05) is 32.0 Å². The summed E-state index contributed by atoms with van der Waals surface area (Å²) in [4.78, 5) is 2.56. The first-order chi connectivity index (χ1) is 8.13. The van der Waals surface area contributed by atoms with E-state index >= 15 is 0 Å². The predicted molar refractivity (Wildman–Crippen MR) is 74.7 cm³/mol. The van der Waals surface area contributed by atoms with Gasteiger partial charge in [0, 0.05) is 24.8 Å². The molecular formula is C15H24N2. The van der Waals surface area contributed by atoms with Crippen LogP contribution in [0.4, 0.5) is 5.69 Å². The van der Waals surface area contributed by atoms with E-state index in [0.717, 1.165) is 5.92 Å². The fourth-order valence-electron chi connectivity index (χ4n) is 2.69. The maximum Gasteiger partial charge on any atom is 0.0448 e. The summed E-state index contributed by atoms with van der Waals surface area (Å²) in [6.07, 6.45) is 1.20. The maximum absolute atomic E-state index is 3.36. The summed E-state index contributed by atoms with van der Waals surface area (Å²) in [5, 5.41) is 3.36. The smallest absolute Gasteiger partial charge is 0.0448 e. The zero-order valence-corrected chi connectivity index (χ0v) is 11.5. The van der Waals surface area contributed by atoms with Gasteiger partial charge in [0.05, 0.1) is 0 Å². The average Bonchev–Trinajstić information content (AvgIpc) is 2.71. The SMILES string of the molecule is CNC(C)c1cccc2c1N(CC(C)C)CC2. The van der Waals surface area contributed by atoms with Crippen LogP contribution in [0, 0.1) is 5.92 Å². The molecule has 0 spiro atoms. The van der Waals surface area contributed by atoms with E-state index in [2.05, 4.69) is 49.2 Å². The third kappa shape index (κ3) is 2.47. The molecule has 0 bridgehead atoms. The van der Waals surface area contributed by atoms with Crippen molar-refractivity contribution in [3.05, 3.63) is 29.3 Å². The van der Waals surface area contributed by atoms with E-state index in [9.17, 15) is 0 Å². The highest BCUT2D eigenvalue weighted by Crippen LogP contribution is 2.35. The number of hydrogen-bond donors (Lipinski definition) is 1. The van der Waals surface area contributed by atoms with Crippen molar-refractivity contribution in [3.63, 3.8) is 0 Å². The van der Waals surface area contributed by atoms with Crippen LogP contribution < -0.4 is 10.2 Å². The lowest BCUT2D eigenvalue weighted by molar-refractivity contribution is 0.612. The molecule has 1 N–H and O–H groups in total. The molecule has 1 unspecified atom stereocenters. The molecule has 0 saturated carbocycles. The molecule has 2 rings (SSSR count). The highest BCUT2D eigenvalue weighted by Gasteiger charge is 2.24. The second-order valence-corrected chi connectivity index (χ2v) is 5.46. The Kier molecular flexibility index (Phi) is 3.72. The first kappa shape index (κ1) is 12.4. The zero-order valence-electron chi connectivity index (χ0n) is 11.5. The molecule has 1 aliphatic heterocycles. The lowest BCUT2D eigenvalue weighted by atomic mass is 10.0. The van der Waals surface area contributed by atoms with E-state index < -0.39 is 0 Å². The second kappa shape index (κ2) is 5.09. The molecule has 2 heteroatoms. The molecule has 1 aliphatic rings. The van der Waals surface area contributed by atoms with Gasteiger partial charge in [-0.25, -0.2) is 0 Å². The van der Waals surface area contributed by atoms with Crippen LogP contribution in [0.5, 0.6) is 0 Å². The van der Waals surface area contributed by atoms with Crippen LogP contribution in [0.2, 0.25) is 0 Å². The van der Waals surface area contributed by atoms with Crippen molar-refractivity contribution in [1.29, 1.82) is 0 Å². The van der Waals surface area contributed by atoms with Crippen LogP contribution in [0.3, 0.4) is 0 Å². The maximum atomic E-state index is 3.36. The number of benzene rings is 1. The van der Waals surface area contributed by atoms with Gasteiger partial charge < -0.3 is 10.2 Å². The molecule has 0 amide bonds. The number of nitrogens with zero attached hydrogens (tertiary/aromatic N) is 1. The summed E-state index contributed by atoms with van der Waals surface area (Å²) < 4.78 is 0. The topological polar surface area (TPSA) is 15.3 Å². The Balaban J connectivity index is 2.34. The Bertz CT molecular complexity index is 385. The number of anilines is 1. The van der Waals surface area contributed by atoms with Gasteiger partial charge >= 0.3 is 0 Å². The number of fused-ring (bicyclic) bond motifs is 1. The summed E-state index contributed by atoms with van der Waals surface area (Å²) >= 11 is 0. The Morgan fingerprint density at radius 1 is 1.29 bits per heavy atom. The summed E-state index contributed by atoms with van der Waals surface area (Å²) in [5.41, 5.74) is 4.46. The number of para-hydroxylation sites is 1. The van der Waals surface area contributed by atoms with E-state index in [1.807, 2.05) is 7.05 Å². The van der Waals surface area contributed by atoms with Gasteiger partial charge in [0.1, 0.15) is 0 Å². The Hall–Kier alpha value is -1.02. The molecule has 0 aliphatic carbocycles. The lowest BCUT2D eigenvalue weighted by Gasteiger charge is -2.26. The summed E-state index contributed by atoms with van der Waals surface area (Å²) in [6.45, 7) is 9.17. The number of nitrogens with one attached hydrogen (secondary N) is 1. The van der Waals surface area contributed by atoms with E-state index in [4.69, 9.17) is 0 Å². The molecule has 1 aromatic rings. The number of rotatable bonds is 4. The first-order valence-electron chi connectivity index (χ1n) is 6.67. The predicted octanol–water partition coefficient (Wildman–Crippen LogP) is 2.99. The third-order valence-corrected chi connectivity index (χ3v) is 3.60. The van der Waals surface area contributed by atoms with Crippen molar-refractivity contribution < 1.29 is 0 Å². The second-order valence-electron chi connectivity index (χ2n) is 5.46. The van der Waals surface area contributed by atoms with Crippen LogP contribution in [-0.4, -0.2) is 20.1 Å². The van der Waals surface area contributed by atoms with Crippen molar-refractivity contribution in [1.82, 2.24) is 5.32 Å². The number of hydrogen-bond acceptors (Lipinski definition) is 2. The van der Waals surface area contributed by atoms with Gasteiger partial charge in [-0.3, -0.25) is 0 Å². The van der Waals surface area contributed by atoms with E-state index in [-0.39, 0.29) is 0 Å². The molecule has 0 fully saturated rings. The van der Waals surface area contributed by atoms with E-state index in [1.165, 1.54) is 36.3 Å². The lowest BCUT2D eigenvalue weighted by Crippen LogP contribution is -2.27. The highest BCUT2D eigenvalue weighted by molar-refractivity contribution is 5.64. The fourth-order valence-corrected chi connectivity index (χ4v) is 2.69. The van der Waals surface area contributed by atoms with Crippen LogP contribution in [0.15, 0.2) is 18.2 Å². The Morgan fingerprint density at radius 3 is 2.71 bits per heavy atom. The summed E-state index contributed by atoms with van der Waals surface area (Å²) in [6, 6.07) is 7.17. The minimum Gasteiger partial charge on any atom is -0.370 e. The average molecular weight is 232 g/mol. The summed E-state index contributed by atoms with van der Waals surface area (Å²) in [7, 11) is 2.03. The molecule has 94 valence electrons. The normalized spacial score (nSPS) is 16.4. The molecule has 1 atom stereocenters. The minimum atomic E-state index is 0.428. The van der Waals surface area contributed by atoms with Crippen molar-refractivity contribution in [2.75, 3.05) is 25.0 Å². The molecule has 0 saturated heterocycles.